The highest BCUT2D eigenvalue weighted by molar-refractivity contribution is 5.62. The molecule has 1 spiro atoms. The first-order valence-electron chi connectivity index (χ1n) is 13.6. The molecule has 7 unspecified atom stereocenters. The molecule has 0 radical (unpaired) electrons. The van der Waals surface area contributed by atoms with Gasteiger partial charge < -0.3 is 14.9 Å². The second kappa shape index (κ2) is 6.24. The lowest BCUT2D eigenvalue weighted by Crippen LogP contribution is -2.78. The van der Waals surface area contributed by atoms with Gasteiger partial charge in [-0.15, -0.1) is 0 Å². The molecule has 5 aliphatic carbocycles. The number of piperidine rings is 1. The van der Waals surface area contributed by atoms with Crippen LogP contribution >= 0.6 is 0 Å². The molecule has 4 saturated carbocycles. The molecule has 1 aromatic rings. The van der Waals surface area contributed by atoms with Crippen LogP contribution in [-0.2, 0) is 11.8 Å². The number of likely N-dealkylation sites (tertiary alicyclic amines) is 1. The number of hydrogen-bond donors (Lipinski definition) is 2. The van der Waals surface area contributed by atoms with Gasteiger partial charge in [0.15, 0.2) is 11.5 Å². The van der Waals surface area contributed by atoms with E-state index in [2.05, 4.69) is 11.0 Å². The molecular weight excluding hydrogens is 398 g/mol. The highest BCUT2D eigenvalue weighted by Crippen LogP contribution is 2.70. The number of fused-ring (bicyclic) bond motifs is 4. The molecule has 8 atom stereocenters. The molecule has 2 aliphatic heterocycles. The third kappa shape index (κ3) is 2.18. The zero-order chi connectivity index (χ0) is 21.2. The Kier molecular flexibility index (Phi) is 3.72. The van der Waals surface area contributed by atoms with Crippen molar-refractivity contribution in [1.29, 1.82) is 0 Å². The molecule has 1 saturated heterocycles. The van der Waals surface area contributed by atoms with E-state index in [9.17, 15) is 10.2 Å². The summed E-state index contributed by atoms with van der Waals surface area (Å²) in [6, 6.07) is 4.19. The van der Waals surface area contributed by atoms with Crippen molar-refractivity contribution in [3.05, 3.63) is 23.3 Å². The van der Waals surface area contributed by atoms with Crippen molar-refractivity contribution < 1.29 is 14.9 Å². The van der Waals surface area contributed by atoms with Crippen LogP contribution < -0.4 is 4.74 Å². The minimum absolute atomic E-state index is 0.0436. The molecule has 32 heavy (non-hydrogen) atoms. The monoisotopic (exact) mass is 435 g/mol. The number of benzene rings is 1. The van der Waals surface area contributed by atoms with Crippen molar-refractivity contribution >= 4 is 0 Å². The highest BCUT2D eigenvalue weighted by Gasteiger charge is 2.75. The number of ether oxygens (including phenoxy) is 1. The summed E-state index contributed by atoms with van der Waals surface area (Å²) in [6.45, 7) is 2.23. The fraction of sp³-hybridized carbons (Fsp3) is 0.786. The maximum Gasteiger partial charge on any atom is 0.165 e. The lowest BCUT2D eigenvalue weighted by molar-refractivity contribution is -0.227. The lowest BCUT2D eigenvalue weighted by atomic mass is 9.42. The van der Waals surface area contributed by atoms with E-state index in [4.69, 9.17) is 4.74 Å². The van der Waals surface area contributed by atoms with Gasteiger partial charge in [-0.05, 0) is 93.2 Å². The SMILES string of the molecule is Oc1ccc2c3c1OC1C4CCC5CCCCC5C4CC4(O)C(C2)N(CC2CC2)CC[C@]314. The predicted octanol–water partition coefficient (Wildman–Crippen LogP) is 4.40. The van der Waals surface area contributed by atoms with Gasteiger partial charge in [0.05, 0.1) is 11.0 Å². The molecule has 8 rings (SSSR count). The van der Waals surface area contributed by atoms with Crippen molar-refractivity contribution in [3.63, 3.8) is 0 Å². The molecule has 2 heterocycles. The van der Waals surface area contributed by atoms with Crippen molar-refractivity contribution in [2.24, 2.45) is 29.6 Å². The van der Waals surface area contributed by atoms with Crippen LogP contribution in [-0.4, -0.2) is 45.9 Å². The van der Waals surface area contributed by atoms with Gasteiger partial charge in [0.2, 0.25) is 0 Å². The van der Waals surface area contributed by atoms with E-state index in [0.29, 0.717) is 11.8 Å². The Labute approximate surface area is 191 Å². The first kappa shape index (κ1) is 19.1. The van der Waals surface area contributed by atoms with Gasteiger partial charge in [-0.25, -0.2) is 0 Å². The van der Waals surface area contributed by atoms with E-state index in [1.165, 1.54) is 62.5 Å². The fourth-order valence-corrected chi connectivity index (χ4v) is 10.0. The number of phenolic OH excluding ortho intramolecular Hbond substituents is 1. The van der Waals surface area contributed by atoms with E-state index in [-0.39, 0.29) is 23.3 Å². The van der Waals surface area contributed by atoms with Gasteiger partial charge in [0, 0.05) is 24.1 Å². The fourth-order valence-electron chi connectivity index (χ4n) is 10.0. The summed E-state index contributed by atoms with van der Waals surface area (Å²) in [6.07, 6.45) is 13.7. The van der Waals surface area contributed by atoms with Gasteiger partial charge in [-0.1, -0.05) is 25.3 Å². The van der Waals surface area contributed by atoms with Crippen LogP contribution in [0, 0.1) is 29.6 Å². The Morgan fingerprint density at radius 1 is 1.00 bits per heavy atom. The lowest BCUT2D eigenvalue weighted by Gasteiger charge is -2.67. The molecule has 0 aromatic heterocycles. The number of aromatic hydroxyl groups is 1. The zero-order valence-electron chi connectivity index (χ0n) is 19.1. The summed E-state index contributed by atoms with van der Waals surface area (Å²) in [4.78, 5) is 2.68. The molecule has 2 N–H and O–H groups in total. The average Bonchev–Trinajstić information content (AvgIpc) is 3.54. The summed E-state index contributed by atoms with van der Waals surface area (Å²) in [7, 11) is 0. The smallest absolute Gasteiger partial charge is 0.165 e. The topological polar surface area (TPSA) is 52.9 Å². The highest BCUT2D eigenvalue weighted by atomic mass is 16.5. The summed E-state index contributed by atoms with van der Waals surface area (Å²) < 4.78 is 6.82. The maximum absolute atomic E-state index is 12.9. The molecule has 4 heteroatoms. The van der Waals surface area contributed by atoms with Crippen LogP contribution in [0.3, 0.4) is 0 Å². The Morgan fingerprint density at radius 2 is 1.88 bits per heavy atom. The molecule has 7 aliphatic rings. The zero-order valence-corrected chi connectivity index (χ0v) is 19.1. The van der Waals surface area contributed by atoms with E-state index < -0.39 is 5.60 Å². The van der Waals surface area contributed by atoms with Gasteiger partial charge in [-0.2, -0.15) is 0 Å². The quantitative estimate of drug-likeness (QED) is 0.723. The molecule has 172 valence electrons. The third-order valence-electron chi connectivity index (χ3n) is 11.4. The van der Waals surface area contributed by atoms with Gasteiger partial charge >= 0.3 is 0 Å². The predicted molar refractivity (Wildman–Crippen MR) is 122 cm³/mol. The Morgan fingerprint density at radius 3 is 2.75 bits per heavy atom. The minimum atomic E-state index is -0.725. The summed E-state index contributed by atoms with van der Waals surface area (Å²) >= 11 is 0. The molecule has 5 fully saturated rings. The van der Waals surface area contributed by atoms with Gasteiger partial charge in [-0.3, -0.25) is 4.90 Å². The number of nitrogens with zero attached hydrogens (tertiary/aromatic N) is 1. The molecule has 2 bridgehead atoms. The minimum Gasteiger partial charge on any atom is -0.504 e. The standard InChI is InChI=1S/C28H37NO3/c30-22-10-8-18-13-23-28(31)14-21-19-4-2-1-3-17(19)7-9-20(21)26-27(28,24(18)25(22)32-26)11-12-29(23)15-16-5-6-16/h8,10,16-17,19-21,23,26,30-31H,1-7,9,11-15H2/t17?,19?,20?,21?,23?,26?,27-,28?/m0/s1. The van der Waals surface area contributed by atoms with Crippen molar-refractivity contribution in [1.82, 2.24) is 4.90 Å². The molecule has 1 aromatic carbocycles. The summed E-state index contributed by atoms with van der Waals surface area (Å²) in [5.41, 5.74) is 1.50. The second-order valence-electron chi connectivity index (χ2n) is 12.6. The van der Waals surface area contributed by atoms with Crippen molar-refractivity contribution in [2.75, 3.05) is 13.1 Å². The number of phenols is 1. The third-order valence-corrected chi connectivity index (χ3v) is 11.4. The first-order chi connectivity index (χ1) is 15.6. The van der Waals surface area contributed by atoms with Crippen LogP contribution in [0.2, 0.25) is 0 Å². The van der Waals surface area contributed by atoms with Crippen LogP contribution in [0.1, 0.15) is 75.3 Å². The largest absolute Gasteiger partial charge is 0.504 e. The first-order valence-corrected chi connectivity index (χ1v) is 13.6. The molecule has 4 nitrogen and oxygen atoms in total. The Bertz CT molecular complexity index is 974. The normalized spacial score (nSPS) is 48.4. The van der Waals surface area contributed by atoms with Gasteiger partial charge in [0.25, 0.3) is 0 Å². The van der Waals surface area contributed by atoms with E-state index >= 15 is 0 Å². The second-order valence-corrected chi connectivity index (χ2v) is 12.6. The van der Waals surface area contributed by atoms with E-state index in [1.54, 1.807) is 0 Å². The summed E-state index contributed by atoms with van der Waals surface area (Å²) in [5, 5.41) is 23.8. The Balaban J connectivity index is 1.30. The Hall–Kier alpha value is -1.26. The number of rotatable bonds is 2. The maximum atomic E-state index is 12.9. The van der Waals surface area contributed by atoms with Crippen LogP contribution in [0.25, 0.3) is 0 Å². The molecular formula is C28H37NO3. The average molecular weight is 436 g/mol. The molecule has 0 amide bonds. The van der Waals surface area contributed by atoms with Crippen molar-refractivity contribution in [3.8, 4) is 11.5 Å². The van der Waals surface area contributed by atoms with E-state index in [1.807, 2.05) is 6.07 Å². The van der Waals surface area contributed by atoms with E-state index in [0.717, 1.165) is 55.9 Å². The van der Waals surface area contributed by atoms with Crippen LogP contribution in [0.4, 0.5) is 0 Å². The van der Waals surface area contributed by atoms with Crippen LogP contribution in [0.5, 0.6) is 11.5 Å². The summed E-state index contributed by atoms with van der Waals surface area (Å²) in [5.74, 6) is 4.60. The number of hydrogen-bond acceptors (Lipinski definition) is 4. The number of aliphatic hydroxyl groups is 1. The van der Waals surface area contributed by atoms with Crippen LogP contribution in [0.15, 0.2) is 12.1 Å². The van der Waals surface area contributed by atoms with Gasteiger partial charge in [0.1, 0.15) is 6.10 Å². The van der Waals surface area contributed by atoms with Crippen molar-refractivity contribution in [2.45, 2.75) is 93.8 Å².